The fraction of sp³-hybridized carbons (Fsp3) is 1.00. The topological polar surface area (TPSA) is 49.5 Å². The van der Waals surface area contributed by atoms with Crippen molar-refractivity contribution in [2.24, 2.45) is 5.73 Å². The summed E-state index contributed by atoms with van der Waals surface area (Å²) in [5.41, 5.74) is 5.80. The molecule has 12 heavy (non-hydrogen) atoms. The van der Waals surface area contributed by atoms with Crippen LogP contribution in [0.25, 0.3) is 0 Å². The molecule has 3 N–H and O–H groups in total. The first-order valence-corrected chi connectivity index (χ1v) is 4.73. The van der Waals surface area contributed by atoms with Crippen LogP contribution in [0.4, 0.5) is 0 Å². The van der Waals surface area contributed by atoms with Crippen LogP contribution in [0.3, 0.4) is 0 Å². The van der Waals surface area contributed by atoms with E-state index in [9.17, 15) is 5.11 Å². The van der Waals surface area contributed by atoms with E-state index in [0.29, 0.717) is 12.1 Å². The quantitative estimate of drug-likeness (QED) is 0.638. The van der Waals surface area contributed by atoms with Gasteiger partial charge in [0.2, 0.25) is 0 Å². The number of hydrogen-bond acceptors (Lipinski definition) is 3. The van der Waals surface area contributed by atoms with Crippen LogP contribution in [-0.4, -0.2) is 41.8 Å². The Morgan fingerprint density at radius 2 is 2.25 bits per heavy atom. The smallest absolute Gasteiger partial charge is 0.0639 e. The Morgan fingerprint density at radius 1 is 1.58 bits per heavy atom. The Hall–Kier alpha value is -0.120. The van der Waals surface area contributed by atoms with E-state index >= 15 is 0 Å². The van der Waals surface area contributed by atoms with Crippen molar-refractivity contribution in [1.29, 1.82) is 0 Å². The predicted molar refractivity (Wildman–Crippen MR) is 49.9 cm³/mol. The number of rotatable bonds is 3. The molecule has 3 atom stereocenters. The molecule has 0 aliphatic heterocycles. The summed E-state index contributed by atoms with van der Waals surface area (Å²) in [5.74, 6) is 0. The zero-order valence-corrected chi connectivity index (χ0v) is 8.03. The minimum Gasteiger partial charge on any atom is -0.392 e. The number of aliphatic hydroxyl groups excluding tert-OH is 1. The van der Waals surface area contributed by atoms with E-state index in [2.05, 4.69) is 11.9 Å². The van der Waals surface area contributed by atoms with Crippen molar-refractivity contribution in [3.8, 4) is 0 Å². The third kappa shape index (κ3) is 2.73. The molecule has 3 nitrogen and oxygen atoms in total. The lowest BCUT2D eigenvalue weighted by molar-refractivity contribution is 0.118. The molecule has 0 aromatic rings. The van der Waals surface area contributed by atoms with Gasteiger partial charge in [0.15, 0.2) is 0 Å². The summed E-state index contributed by atoms with van der Waals surface area (Å²) in [6, 6.07) is 0.973. The van der Waals surface area contributed by atoms with E-state index in [1.54, 1.807) is 0 Å². The van der Waals surface area contributed by atoms with Gasteiger partial charge in [-0.15, -0.1) is 0 Å². The molecule has 1 aliphatic carbocycles. The van der Waals surface area contributed by atoms with E-state index in [1.165, 1.54) is 6.42 Å². The zero-order chi connectivity index (χ0) is 9.14. The molecule has 1 rings (SSSR count). The van der Waals surface area contributed by atoms with E-state index < -0.39 is 0 Å². The van der Waals surface area contributed by atoms with Gasteiger partial charge in [0.1, 0.15) is 0 Å². The molecular formula is C9H20N2O. The maximum atomic E-state index is 9.18. The van der Waals surface area contributed by atoms with Gasteiger partial charge >= 0.3 is 0 Å². The fourth-order valence-corrected chi connectivity index (χ4v) is 1.96. The van der Waals surface area contributed by atoms with Crippen molar-refractivity contribution in [2.75, 3.05) is 13.6 Å². The number of likely N-dealkylation sites (N-methyl/N-ethyl adjacent to an activating group) is 1. The molecule has 0 aromatic carbocycles. The first-order chi connectivity index (χ1) is 5.59. The monoisotopic (exact) mass is 172 g/mol. The molecular weight excluding hydrogens is 152 g/mol. The predicted octanol–water partition coefficient (Wildman–Crippen LogP) is 0.179. The first-order valence-electron chi connectivity index (χ1n) is 4.73. The van der Waals surface area contributed by atoms with E-state index in [4.69, 9.17) is 5.73 Å². The van der Waals surface area contributed by atoms with Crippen molar-refractivity contribution in [3.05, 3.63) is 0 Å². The summed E-state index contributed by atoms with van der Waals surface area (Å²) in [4.78, 5) is 2.22. The number of nitrogens with two attached hydrogens (primary N) is 1. The highest BCUT2D eigenvalue weighted by Crippen LogP contribution is 2.21. The van der Waals surface area contributed by atoms with Gasteiger partial charge < -0.3 is 15.7 Å². The summed E-state index contributed by atoms with van der Waals surface area (Å²) >= 11 is 0. The van der Waals surface area contributed by atoms with Gasteiger partial charge in [0, 0.05) is 18.6 Å². The molecule has 0 aromatic heterocycles. The maximum absolute atomic E-state index is 9.18. The van der Waals surface area contributed by atoms with Crippen molar-refractivity contribution < 1.29 is 5.11 Å². The fourth-order valence-electron chi connectivity index (χ4n) is 1.96. The van der Waals surface area contributed by atoms with Gasteiger partial charge in [0.25, 0.3) is 0 Å². The van der Waals surface area contributed by atoms with Gasteiger partial charge in [-0.05, 0) is 33.2 Å². The summed E-state index contributed by atoms with van der Waals surface area (Å²) in [5, 5.41) is 9.18. The molecule has 3 unspecified atom stereocenters. The lowest BCUT2D eigenvalue weighted by atomic mass is 10.2. The Bertz CT molecular complexity index is 138. The molecule has 0 spiro atoms. The van der Waals surface area contributed by atoms with E-state index in [0.717, 1.165) is 19.4 Å². The van der Waals surface area contributed by atoms with Crippen molar-refractivity contribution >= 4 is 0 Å². The van der Waals surface area contributed by atoms with E-state index in [1.807, 2.05) is 6.92 Å². The highest BCUT2D eigenvalue weighted by Gasteiger charge is 2.25. The molecule has 0 radical (unpaired) electrons. The molecule has 1 saturated carbocycles. The average Bonchev–Trinajstić information content (AvgIpc) is 2.34. The Balaban J connectivity index is 2.28. The summed E-state index contributed by atoms with van der Waals surface area (Å²) in [7, 11) is 2.06. The highest BCUT2D eigenvalue weighted by molar-refractivity contribution is 4.83. The second kappa shape index (κ2) is 4.21. The number of hydrogen-bond donors (Lipinski definition) is 2. The van der Waals surface area contributed by atoms with E-state index in [-0.39, 0.29) is 6.10 Å². The van der Waals surface area contributed by atoms with Crippen LogP contribution in [0.15, 0.2) is 0 Å². The summed E-state index contributed by atoms with van der Waals surface area (Å²) < 4.78 is 0. The largest absolute Gasteiger partial charge is 0.392 e. The number of aliphatic hydroxyl groups is 1. The third-order valence-electron chi connectivity index (χ3n) is 2.62. The molecule has 0 saturated heterocycles. The van der Waals surface area contributed by atoms with Gasteiger partial charge in [-0.3, -0.25) is 0 Å². The average molecular weight is 172 g/mol. The van der Waals surface area contributed by atoms with Crippen LogP contribution in [0, 0.1) is 0 Å². The van der Waals surface area contributed by atoms with Gasteiger partial charge in [-0.25, -0.2) is 0 Å². The van der Waals surface area contributed by atoms with Crippen LogP contribution in [-0.2, 0) is 0 Å². The van der Waals surface area contributed by atoms with Crippen molar-refractivity contribution in [2.45, 2.75) is 44.4 Å². The second-order valence-electron chi connectivity index (χ2n) is 4.02. The second-order valence-corrected chi connectivity index (χ2v) is 4.02. The van der Waals surface area contributed by atoms with Crippen molar-refractivity contribution in [3.63, 3.8) is 0 Å². The van der Waals surface area contributed by atoms with Crippen LogP contribution in [0.2, 0.25) is 0 Å². The van der Waals surface area contributed by atoms with Crippen molar-refractivity contribution in [1.82, 2.24) is 4.90 Å². The zero-order valence-electron chi connectivity index (χ0n) is 8.03. The van der Waals surface area contributed by atoms with Crippen LogP contribution >= 0.6 is 0 Å². The van der Waals surface area contributed by atoms with Gasteiger partial charge in [-0.2, -0.15) is 0 Å². The lowest BCUT2D eigenvalue weighted by Crippen LogP contribution is -2.35. The summed E-state index contributed by atoms with van der Waals surface area (Å²) in [6.07, 6.45) is 3.18. The minimum absolute atomic E-state index is 0.230. The van der Waals surface area contributed by atoms with Crippen LogP contribution in [0.1, 0.15) is 26.2 Å². The molecule has 1 aliphatic rings. The molecule has 1 fully saturated rings. The van der Waals surface area contributed by atoms with Gasteiger partial charge in [0.05, 0.1) is 6.10 Å². The Labute approximate surface area is 74.5 Å². The Kier molecular flexibility index (Phi) is 3.50. The molecule has 0 heterocycles. The molecule has 3 heteroatoms. The SMILES string of the molecule is CC(O)CN(C)C1CCC(N)C1. The van der Waals surface area contributed by atoms with Crippen LogP contribution < -0.4 is 5.73 Å². The van der Waals surface area contributed by atoms with Gasteiger partial charge in [-0.1, -0.05) is 0 Å². The van der Waals surface area contributed by atoms with Crippen LogP contribution in [0.5, 0.6) is 0 Å². The Morgan fingerprint density at radius 3 is 2.67 bits per heavy atom. The third-order valence-corrected chi connectivity index (χ3v) is 2.62. The maximum Gasteiger partial charge on any atom is 0.0639 e. The lowest BCUT2D eigenvalue weighted by Gasteiger charge is -2.25. The standard InChI is InChI=1S/C9H20N2O/c1-7(12)6-11(2)9-4-3-8(10)5-9/h7-9,12H,3-6,10H2,1-2H3. The normalized spacial score (nSPS) is 32.8. The number of nitrogens with zero attached hydrogens (tertiary/aromatic N) is 1. The molecule has 0 bridgehead atoms. The summed E-state index contributed by atoms with van der Waals surface area (Å²) in [6.45, 7) is 2.59. The highest BCUT2D eigenvalue weighted by atomic mass is 16.3. The first kappa shape index (κ1) is 9.96. The minimum atomic E-state index is -0.230. The molecule has 0 amide bonds. The molecule has 72 valence electrons.